The van der Waals surface area contributed by atoms with Crippen LogP contribution in [0.25, 0.3) is 0 Å². The molecule has 70 valence electrons. The number of amidine groups is 1. The van der Waals surface area contributed by atoms with E-state index in [2.05, 4.69) is 4.99 Å². The van der Waals surface area contributed by atoms with Gasteiger partial charge in [-0.3, -0.25) is 0 Å². The number of fused-ring (bicyclic) bond motifs is 1. The Morgan fingerprint density at radius 3 is 3.00 bits per heavy atom. The van der Waals surface area contributed by atoms with Crippen molar-refractivity contribution < 1.29 is 0 Å². The summed E-state index contributed by atoms with van der Waals surface area (Å²) < 4.78 is 0. The number of benzene rings is 1. The molecule has 0 unspecified atom stereocenters. The molecule has 2 nitrogen and oxygen atoms in total. The zero-order chi connectivity index (χ0) is 8.55. The Morgan fingerprint density at radius 2 is 2.23 bits per heavy atom. The van der Waals surface area contributed by atoms with Gasteiger partial charge in [0.2, 0.25) is 0 Å². The molecule has 0 amide bonds. The van der Waals surface area contributed by atoms with E-state index in [1.54, 1.807) is 11.8 Å². The molecule has 0 fully saturated rings. The normalized spacial score (nSPS) is 14.1. The van der Waals surface area contributed by atoms with Gasteiger partial charge in [-0.1, -0.05) is 29.4 Å². The lowest BCUT2D eigenvalue weighted by molar-refractivity contribution is 1.34. The molecular weight excluding hydrogens is 227 g/mol. The molecule has 5 heteroatoms. The van der Waals surface area contributed by atoms with Crippen molar-refractivity contribution in [2.45, 2.75) is 5.75 Å². The second kappa shape index (κ2) is 4.22. The molecule has 1 heterocycles. The van der Waals surface area contributed by atoms with Crippen LogP contribution in [0.15, 0.2) is 23.2 Å². The first-order chi connectivity index (χ1) is 5.75. The van der Waals surface area contributed by atoms with E-state index < -0.39 is 0 Å². The predicted octanol–water partition coefficient (Wildman–Crippen LogP) is 2.95. The molecule has 2 N–H and O–H groups in total. The number of hydrogen-bond acceptors (Lipinski definition) is 3. The molecule has 0 aliphatic carbocycles. The van der Waals surface area contributed by atoms with Crippen LogP contribution >= 0.6 is 35.8 Å². The van der Waals surface area contributed by atoms with E-state index in [1.807, 2.05) is 18.2 Å². The molecule has 0 aromatic heterocycles. The van der Waals surface area contributed by atoms with Crippen LogP contribution < -0.4 is 5.73 Å². The van der Waals surface area contributed by atoms with Crippen molar-refractivity contribution in [3.05, 3.63) is 28.8 Å². The van der Waals surface area contributed by atoms with Gasteiger partial charge in [0.05, 0.1) is 5.69 Å². The Labute approximate surface area is 92.0 Å². The lowest BCUT2D eigenvalue weighted by Gasteiger charge is -2.11. The van der Waals surface area contributed by atoms with E-state index in [4.69, 9.17) is 17.3 Å². The van der Waals surface area contributed by atoms with Crippen molar-refractivity contribution in [3.8, 4) is 0 Å². The fourth-order valence-corrected chi connectivity index (χ4v) is 1.94. The Morgan fingerprint density at radius 1 is 1.46 bits per heavy atom. The van der Waals surface area contributed by atoms with Crippen molar-refractivity contribution in [1.29, 1.82) is 0 Å². The smallest absolute Gasteiger partial charge is 0.159 e. The summed E-state index contributed by atoms with van der Waals surface area (Å²) >= 11 is 7.36. The van der Waals surface area contributed by atoms with Gasteiger partial charge < -0.3 is 5.73 Å². The lowest BCUT2D eigenvalue weighted by Crippen LogP contribution is -2.09. The molecule has 1 aromatic carbocycles. The van der Waals surface area contributed by atoms with E-state index in [0.29, 0.717) is 10.2 Å². The van der Waals surface area contributed by atoms with E-state index >= 15 is 0 Å². The van der Waals surface area contributed by atoms with Gasteiger partial charge in [-0.25, -0.2) is 4.99 Å². The standard InChI is InChI=1S/C8H7ClN2S.ClH/c9-6-2-1-5-4-12-8(10)11-7(5)3-6;/h1-3H,4H2,(H2,10,11);1H. The highest BCUT2D eigenvalue weighted by molar-refractivity contribution is 8.13. The third-order valence-corrected chi connectivity index (χ3v) is 2.73. The maximum atomic E-state index is 5.81. The number of thioether (sulfide) groups is 1. The molecule has 0 radical (unpaired) electrons. The van der Waals surface area contributed by atoms with Crippen molar-refractivity contribution >= 4 is 46.6 Å². The average molecular weight is 235 g/mol. The number of nitrogens with zero attached hydrogens (tertiary/aromatic N) is 1. The van der Waals surface area contributed by atoms with Gasteiger partial charge in [-0.05, 0) is 17.7 Å². The Bertz CT molecular complexity index is 352. The Balaban J connectivity index is 0.000000845. The molecule has 2 rings (SSSR count). The summed E-state index contributed by atoms with van der Waals surface area (Å²) in [6, 6.07) is 5.70. The minimum absolute atomic E-state index is 0. The summed E-state index contributed by atoms with van der Waals surface area (Å²) in [6.45, 7) is 0. The SMILES string of the molecule is Cl.NC1=Nc2cc(Cl)ccc2CS1. The molecule has 0 saturated carbocycles. The zero-order valence-electron chi connectivity index (χ0n) is 6.66. The van der Waals surface area contributed by atoms with Crippen LogP contribution in [-0.2, 0) is 5.75 Å². The van der Waals surface area contributed by atoms with Gasteiger partial charge in [-0.2, -0.15) is 0 Å². The van der Waals surface area contributed by atoms with Crippen molar-refractivity contribution in [2.75, 3.05) is 0 Å². The third-order valence-electron chi connectivity index (χ3n) is 1.65. The van der Waals surface area contributed by atoms with Crippen molar-refractivity contribution in [3.63, 3.8) is 0 Å². The quantitative estimate of drug-likeness (QED) is 0.750. The Kier molecular flexibility index (Phi) is 3.47. The molecule has 1 aromatic rings. The largest absolute Gasteiger partial charge is 0.378 e. The Hall–Kier alpha value is -0.380. The minimum Gasteiger partial charge on any atom is -0.378 e. The van der Waals surface area contributed by atoms with Crippen LogP contribution in [0.4, 0.5) is 5.69 Å². The third kappa shape index (κ3) is 2.30. The summed E-state index contributed by atoms with van der Waals surface area (Å²) in [4.78, 5) is 4.18. The molecule has 1 aliphatic heterocycles. The first-order valence-electron chi connectivity index (χ1n) is 3.51. The van der Waals surface area contributed by atoms with E-state index in [0.717, 1.165) is 11.4 Å². The maximum absolute atomic E-state index is 5.81. The van der Waals surface area contributed by atoms with E-state index in [1.165, 1.54) is 5.56 Å². The molecule has 0 spiro atoms. The average Bonchev–Trinajstić information content (AvgIpc) is 2.03. The van der Waals surface area contributed by atoms with Crippen LogP contribution in [0.5, 0.6) is 0 Å². The second-order valence-electron chi connectivity index (χ2n) is 2.51. The number of aliphatic imine (C=N–C) groups is 1. The van der Waals surface area contributed by atoms with Gasteiger partial charge in [0, 0.05) is 10.8 Å². The highest BCUT2D eigenvalue weighted by Gasteiger charge is 2.09. The van der Waals surface area contributed by atoms with Gasteiger partial charge in [-0.15, -0.1) is 12.4 Å². The molecule has 0 bridgehead atoms. The first kappa shape index (κ1) is 10.7. The zero-order valence-corrected chi connectivity index (χ0v) is 9.05. The highest BCUT2D eigenvalue weighted by Crippen LogP contribution is 2.31. The van der Waals surface area contributed by atoms with Crippen LogP contribution in [0.1, 0.15) is 5.56 Å². The fourth-order valence-electron chi connectivity index (χ4n) is 1.07. The lowest BCUT2D eigenvalue weighted by atomic mass is 10.2. The predicted molar refractivity (Wildman–Crippen MR) is 61.3 cm³/mol. The fraction of sp³-hybridized carbons (Fsp3) is 0.125. The van der Waals surface area contributed by atoms with Crippen LogP contribution in [0, 0.1) is 0 Å². The summed E-state index contributed by atoms with van der Waals surface area (Å²) in [6.07, 6.45) is 0. The summed E-state index contributed by atoms with van der Waals surface area (Å²) in [5.41, 5.74) is 7.66. The van der Waals surface area contributed by atoms with Crippen molar-refractivity contribution in [1.82, 2.24) is 0 Å². The minimum atomic E-state index is 0. The number of hydrogen-bond donors (Lipinski definition) is 1. The van der Waals surface area contributed by atoms with E-state index in [9.17, 15) is 0 Å². The van der Waals surface area contributed by atoms with Gasteiger partial charge in [0.1, 0.15) is 0 Å². The molecule has 0 saturated heterocycles. The van der Waals surface area contributed by atoms with Crippen LogP contribution in [-0.4, -0.2) is 5.17 Å². The molecule has 1 aliphatic rings. The van der Waals surface area contributed by atoms with Gasteiger partial charge >= 0.3 is 0 Å². The van der Waals surface area contributed by atoms with Crippen LogP contribution in [0.3, 0.4) is 0 Å². The van der Waals surface area contributed by atoms with Crippen molar-refractivity contribution in [2.24, 2.45) is 10.7 Å². The maximum Gasteiger partial charge on any atom is 0.159 e. The molecule has 0 atom stereocenters. The second-order valence-corrected chi connectivity index (χ2v) is 3.94. The van der Waals surface area contributed by atoms with Crippen LogP contribution in [0.2, 0.25) is 5.02 Å². The highest BCUT2D eigenvalue weighted by atomic mass is 35.5. The molecular formula is C8H8Cl2N2S. The molecule has 13 heavy (non-hydrogen) atoms. The van der Waals surface area contributed by atoms with Gasteiger partial charge in [0.15, 0.2) is 5.17 Å². The summed E-state index contributed by atoms with van der Waals surface area (Å²) in [5, 5.41) is 1.32. The monoisotopic (exact) mass is 234 g/mol. The topological polar surface area (TPSA) is 38.4 Å². The first-order valence-corrected chi connectivity index (χ1v) is 4.87. The number of rotatable bonds is 0. The summed E-state index contributed by atoms with van der Waals surface area (Å²) in [7, 11) is 0. The number of nitrogens with two attached hydrogens (primary N) is 1. The summed E-state index contributed by atoms with van der Waals surface area (Å²) in [5.74, 6) is 0.891. The van der Waals surface area contributed by atoms with E-state index in [-0.39, 0.29) is 12.4 Å². The van der Waals surface area contributed by atoms with Gasteiger partial charge in [0.25, 0.3) is 0 Å². The number of halogens is 2.